The van der Waals surface area contributed by atoms with Gasteiger partial charge >= 0.3 is 0 Å². The average molecular weight is 1250 g/mol. The van der Waals surface area contributed by atoms with Crippen LogP contribution in [0.1, 0.15) is 296 Å². The minimum absolute atomic E-state index is 0.235. The summed E-state index contributed by atoms with van der Waals surface area (Å²) in [6.07, 6.45) is 27.6. The van der Waals surface area contributed by atoms with Crippen LogP contribution in [-0.4, -0.2) is 193 Å². The first-order valence-electron chi connectivity index (χ1n) is 35.8. The Morgan fingerprint density at radius 1 is 0.368 bits per heavy atom. The Labute approximate surface area is 525 Å². The van der Waals surface area contributed by atoms with Crippen molar-refractivity contribution in [2.75, 3.05) is 26.4 Å². The molecule has 0 radical (unpaired) electrons. The van der Waals surface area contributed by atoms with Crippen molar-refractivity contribution in [1.82, 2.24) is 5.32 Å². The van der Waals surface area contributed by atoms with Gasteiger partial charge in [-0.05, 0) is 12.8 Å². The van der Waals surface area contributed by atoms with E-state index in [9.17, 15) is 61.0 Å². The third-order valence-corrected chi connectivity index (χ3v) is 18.4. The van der Waals surface area contributed by atoms with Gasteiger partial charge in [-0.15, -0.1) is 0 Å². The Balaban J connectivity index is 1.39. The molecule has 3 aliphatic heterocycles. The minimum atomic E-state index is -1.97. The number of carbonyl (C=O) groups is 1. The molecule has 3 fully saturated rings. The molecule has 0 aromatic carbocycles. The number of carbonyl (C=O) groups excluding carboxylic acids is 1. The van der Waals surface area contributed by atoms with Gasteiger partial charge in [0.15, 0.2) is 18.9 Å². The lowest BCUT2D eigenvalue weighted by Gasteiger charge is -2.48. The molecule has 3 rings (SSSR count). The second kappa shape index (κ2) is 51.2. The van der Waals surface area contributed by atoms with Crippen molar-refractivity contribution in [3.63, 3.8) is 0 Å². The topological polar surface area (TPSA) is 307 Å². The number of nitrogens with one attached hydrogen (secondary N) is 1. The zero-order chi connectivity index (χ0) is 63.3. The molecule has 0 spiro atoms. The molecule has 19 nitrogen and oxygen atoms in total. The molecule has 3 aliphatic rings. The SMILES string of the molecule is CCCCCCCCCCCCCCCCCCCCCCCCCCCCCC(=O)NC(COC1OC(CO)C(OC2OC(CO)C(OC3OC(CO)C(O)C(O)C3O)C(O)C2O)C(O)C1O)C(O)CCCCCCCCCCCCCCCCC. The van der Waals surface area contributed by atoms with Crippen LogP contribution in [-0.2, 0) is 33.2 Å². The van der Waals surface area contributed by atoms with Crippen molar-refractivity contribution >= 4 is 5.91 Å². The highest BCUT2D eigenvalue weighted by Crippen LogP contribution is 2.33. The van der Waals surface area contributed by atoms with Gasteiger partial charge in [-0.1, -0.05) is 277 Å². The maximum Gasteiger partial charge on any atom is 0.220 e. The van der Waals surface area contributed by atoms with E-state index < -0.39 is 124 Å². The quantitative estimate of drug-likeness (QED) is 0.0252. The first kappa shape index (κ1) is 80.0. The van der Waals surface area contributed by atoms with E-state index in [1.807, 2.05) is 0 Å². The van der Waals surface area contributed by atoms with Gasteiger partial charge in [-0.25, -0.2) is 0 Å². The molecule has 1 amide bonds. The number of amides is 1. The largest absolute Gasteiger partial charge is 0.394 e. The Hall–Kier alpha value is -1.21. The van der Waals surface area contributed by atoms with Crippen LogP contribution in [0.25, 0.3) is 0 Å². The molecule has 12 N–H and O–H groups in total. The van der Waals surface area contributed by atoms with Crippen LogP contribution < -0.4 is 5.32 Å². The monoisotopic (exact) mass is 1250 g/mol. The van der Waals surface area contributed by atoms with Gasteiger partial charge in [0.25, 0.3) is 0 Å². The van der Waals surface area contributed by atoms with Crippen LogP contribution in [0.4, 0.5) is 0 Å². The summed E-state index contributed by atoms with van der Waals surface area (Å²) < 4.78 is 34.4. The molecule has 0 bridgehead atoms. The Kier molecular flexibility index (Phi) is 47.1. The van der Waals surface area contributed by atoms with E-state index in [4.69, 9.17) is 28.4 Å². The summed E-state index contributed by atoms with van der Waals surface area (Å²) in [7, 11) is 0. The molecular weight excluding hydrogens is 1120 g/mol. The van der Waals surface area contributed by atoms with Gasteiger partial charge in [0.05, 0.1) is 38.6 Å². The van der Waals surface area contributed by atoms with Crippen molar-refractivity contribution in [2.24, 2.45) is 0 Å². The molecular formula is C68H131NO18. The van der Waals surface area contributed by atoms with Crippen LogP contribution in [0.2, 0.25) is 0 Å². The maximum absolute atomic E-state index is 13.4. The number of aliphatic hydroxyl groups is 11. The van der Waals surface area contributed by atoms with Gasteiger partial charge in [-0.2, -0.15) is 0 Å². The van der Waals surface area contributed by atoms with Crippen LogP contribution in [0.3, 0.4) is 0 Å². The van der Waals surface area contributed by atoms with Crippen molar-refractivity contribution in [2.45, 2.75) is 401 Å². The van der Waals surface area contributed by atoms with E-state index in [1.165, 1.54) is 218 Å². The molecule has 19 heteroatoms. The van der Waals surface area contributed by atoms with E-state index in [0.29, 0.717) is 12.8 Å². The molecule has 3 saturated heterocycles. The number of rotatable bonds is 56. The third kappa shape index (κ3) is 33.5. The van der Waals surface area contributed by atoms with Gasteiger partial charge in [0.1, 0.15) is 73.2 Å². The standard InChI is InChI=1S/C68H131NO18/c1-3-5-7-9-11-13-15-17-19-20-21-22-23-24-25-26-27-28-29-30-32-34-36-38-40-42-44-46-56(74)69-51(52(73)45-43-41-39-37-35-33-31-18-16-14-12-10-8-6-4-2)50-82-66-62(80)59(77)64(54(48-71)84-66)87-68-63(81)60(78)65(55(49-72)85-68)86-67-61(79)58(76)57(75)53(47-70)83-67/h51-55,57-68,70-73,75-81H,3-50H2,1-2H3,(H,69,74). The molecule has 0 aromatic rings. The lowest BCUT2D eigenvalue weighted by molar-refractivity contribution is -0.379. The fourth-order valence-electron chi connectivity index (χ4n) is 12.6. The molecule has 0 saturated carbocycles. The summed E-state index contributed by atoms with van der Waals surface area (Å²) >= 11 is 0. The predicted octanol–water partition coefficient (Wildman–Crippen LogP) is 9.50. The minimum Gasteiger partial charge on any atom is -0.394 e. The van der Waals surface area contributed by atoms with Gasteiger partial charge in [0.2, 0.25) is 5.91 Å². The summed E-state index contributed by atoms with van der Waals surface area (Å²) in [4.78, 5) is 13.4. The molecule has 17 atom stereocenters. The van der Waals surface area contributed by atoms with E-state index >= 15 is 0 Å². The molecule has 17 unspecified atom stereocenters. The number of aliphatic hydroxyl groups excluding tert-OH is 11. The fourth-order valence-corrected chi connectivity index (χ4v) is 12.6. The van der Waals surface area contributed by atoms with Crippen molar-refractivity contribution in [3.05, 3.63) is 0 Å². The first-order valence-corrected chi connectivity index (χ1v) is 35.8. The summed E-state index contributed by atoms with van der Waals surface area (Å²) in [5, 5.41) is 121. The number of unbranched alkanes of at least 4 members (excludes halogenated alkanes) is 40. The zero-order valence-corrected chi connectivity index (χ0v) is 54.5. The highest BCUT2D eigenvalue weighted by molar-refractivity contribution is 5.76. The van der Waals surface area contributed by atoms with Crippen molar-refractivity contribution in [3.8, 4) is 0 Å². The molecule has 0 aliphatic carbocycles. The maximum atomic E-state index is 13.4. The smallest absolute Gasteiger partial charge is 0.220 e. The van der Waals surface area contributed by atoms with Crippen LogP contribution in [0, 0.1) is 0 Å². The van der Waals surface area contributed by atoms with Crippen molar-refractivity contribution < 1.29 is 89.4 Å². The lowest BCUT2D eigenvalue weighted by Crippen LogP contribution is -2.66. The second-order valence-corrected chi connectivity index (χ2v) is 26.1. The Morgan fingerprint density at radius 3 is 1.00 bits per heavy atom. The normalized spacial score (nSPS) is 28.5. The van der Waals surface area contributed by atoms with Crippen LogP contribution >= 0.6 is 0 Å². The highest BCUT2D eigenvalue weighted by Gasteiger charge is 2.53. The van der Waals surface area contributed by atoms with E-state index in [2.05, 4.69) is 19.2 Å². The molecule has 516 valence electrons. The zero-order valence-electron chi connectivity index (χ0n) is 54.5. The first-order chi connectivity index (χ1) is 42.3. The summed E-state index contributed by atoms with van der Waals surface area (Å²) in [6.45, 7) is 1.84. The number of ether oxygens (including phenoxy) is 6. The van der Waals surface area contributed by atoms with Crippen LogP contribution in [0.5, 0.6) is 0 Å². The Morgan fingerprint density at radius 2 is 0.655 bits per heavy atom. The number of hydrogen-bond acceptors (Lipinski definition) is 18. The molecule has 87 heavy (non-hydrogen) atoms. The average Bonchev–Trinajstić information content (AvgIpc) is 1.10. The summed E-state index contributed by atoms with van der Waals surface area (Å²) in [5.41, 5.74) is 0. The highest BCUT2D eigenvalue weighted by atomic mass is 16.8. The van der Waals surface area contributed by atoms with Crippen LogP contribution in [0.15, 0.2) is 0 Å². The van der Waals surface area contributed by atoms with Crippen molar-refractivity contribution in [1.29, 1.82) is 0 Å². The van der Waals surface area contributed by atoms with E-state index in [-0.39, 0.29) is 18.9 Å². The Bertz CT molecular complexity index is 1590. The van der Waals surface area contributed by atoms with Gasteiger partial charge < -0.3 is 89.9 Å². The van der Waals surface area contributed by atoms with Gasteiger partial charge in [-0.3, -0.25) is 4.79 Å². The predicted molar refractivity (Wildman–Crippen MR) is 337 cm³/mol. The number of hydrogen-bond donors (Lipinski definition) is 12. The van der Waals surface area contributed by atoms with Gasteiger partial charge in [0, 0.05) is 6.42 Å². The third-order valence-electron chi connectivity index (χ3n) is 18.4. The fraction of sp³-hybridized carbons (Fsp3) is 0.985. The summed E-state index contributed by atoms with van der Waals surface area (Å²) in [6, 6.07) is -0.881. The van der Waals surface area contributed by atoms with E-state index in [1.54, 1.807) is 0 Å². The molecule has 3 heterocycles. The second-order valence-electron chi connectivity index (χ2n) is 26.1. The lowest BCUT2D eigenvalue weighted by atomic mass is 9.96. The molecule has 0 aromatic heterocycles. The summed E-state index contributed by atoms with van der Waals surface area (Å²) in [5.74, 6) is -0.235. The van der Waals surface area contributed by atoms with E-state index in [0.717, 1.165) is 44.9 Å².